The topological polar surface area (TPSA) is 3.24 Å². The molecule has 0 saturated carbocycles. The first kappa shape index (κ1) is 36.6. The number of hydrogen-bond donors (Lipinski definition) is 0. The van der Waals surface area contributed by atoms with E-state index in [0.29, 0.717) is 0 Å². The van der Waals surface area contributed by atoms with Crippen LogP contribution in [0.5, 0.6) is 0 Å². The molecule has 12 aromatic carbocycles. The van der Waals surface area contributed by atoms with Gasteiger partial charge in [-0.15, -0.1) is 0 Å². The highest BCUT2D eigenvalue weighted by atomic mass is 15.1. The van der Waals surface area contributed by atoms with E-state index in [9.17, 15) is 0 Å². The molecule has 0 bridgehead atoms. The van der Waals surface area contributed by atoms with Crippen LogP contribution in [0.25, 0.3) is 98.4 Å². The molecule has 294 valence electrons. The summed E-state index contributed by atoms with van der Waals surface area (Å²) < 4.78 is 0. The van der Waals surface area contributed by atoms with Crippen LogP contribution in [0.4, 0.5) is 17.1 Å². The summed E-state index contributed by atoms with van der Waals surface area (Å²) in [7, 11) is 0. The first-order valence-electron chi connectivity index (χ1n) is 21.8. The zero-order chi connectivity index (χ0) is 41.7. The Morgan fingerprint density at radius 2 is 0.683 bits per heavy atom. The molecule has 0 saturated heterocycles. The van der Waals surface area contributed by atoms with Crippen molar-refractivity contribution in [2.45, 2.75) is 0 Å². The third-order valence-electron chi connectivity index (χ3n) is 12.8. The summed E-state index contributed by atoms with van der Waals surface area (Å²) in [6, 6.07) is 91.0. The van der Waals surface area contributed by atoms with Gasteiger partial charge in [0.05, 0.1) is 11.4 Å². The molecule has 1 heteroatoms. The highest BCUT2D eigenvalue weighted by molar-refractivity contribution is 6.22. The van der Waals surface area contributed by atoms with Crippen molar-refractivity contribution in [1.29, 1.82) is 0 Å². The molecule has 63 heavy (non-hydrogen) atoms. The van der Waals surface area contributed by atoms with Gasteiger partial charge in [0.1, 0.15) is 0 Å². The van der Waals surface area contributed by atoms with E-state index in [4.69, 9.17) is 0 Å². The van der Waals surface area contributed by atoms with Crippen LogP contribution in [0.2, 0.25) is 0 Å². The predicted molar refractivity (Wildman–Crippen MR) is 270 cm³/mol. The lowest BCUT2D eigenvalue weighted by molar-refractivity contribution is 1.32. The van der Waals surface area contributed by atoms with Crippen LogP contribution in [0.3, 0.4) is 0 Å². The molecule has 12 rings (SSSR count). The highest BCUT2D eigenvalue weighted by Gasteiger charge is 2.22. The molecule has 0 fully saturated rings. The standard InChI is InChI=1S/C62H41N/c1-4-18-43(19-5-1)50-38-39-59(55-29-15-12-27-52(50)55)63(60-41-47-24-10-11-25-49(47)51-26-13-16-30-56(51)60)48-35-32-42(33-36-48)46-34-37-54-53-28-14-17-31-57(53)61(44-20-6-2-7-21-44)62(58(54)40-46)45-22-8-3-9-23-45/h1-41H. The Hall–Kier alpha value is -8.26. The molecule has 0 aliphatic heterocycles. The molecule has 0 aromatic heterocycles. The molecule has 0 radical (unpaired) electrons. The minimum Gasteiger partial charge on any atom is -0.309 e. The van der Waals surface area contributed by atoms with Crippen LogP contribution >= 0.6 is 0 Å². The molecule has 0 aliphatic rings. The van der Waals surface area contributed by atoms with Crippen LogP contribution in [-0.2, 0) is 0 Å². The first-order valence-corrected chi connectivity index (χ1v) is 21.8. The second kappa shape index (κ2) is 15.3. The van der Waals surface area contributed by atoms with Crippen molar-refractivity contribution in [2.75, 3.05) is 4.90 Å². The third kappa shape index (κ3) is 6.25. The van der Waals surface area contributed by atoms with Gasteiger partial charge < -0.3 is 4.90 Å². The fraction of sp³-hybridized carbons (Fsp3) is 0. The summed E-state index contributed by atoms with van der Waals surface area (Å²) in [6.45, 7) is 0. The summed E-state index contributed by atoms with van der Waals surface area (Å²) in [4.78, 5) is 2.47. The summed E-state index contributed by atoms with van der Waals surface area (Å²) in [5, 5.41) is 12.4. The van der Waals surface area contributed by atoms with Gasteiger partial charge in [-0.3, -0.25) is 0 Å². The van der Waals surface area contributed by atoms with Crippen molar-refractivity contribution in [3.8, 4) is 44.5 Å². The summed E-state index contributed by atoms with van der Waals surface area (Å²) in [6.07, 6.45) is 0. The number of anilines is 3. The number of hydrogen-bond acceptors (Lipinski definition) is 1. The second-order valence-electron chi connectivity index (χ2n) is 16.4. The molecule has 0 amide bonds. The van der Waals surface area contributed by atoms with Crippen LogP contribution in [0, 0.1) is 0 Å². The fourth-order valence-electron chi connectivity index (χ4n) is 9.96. The summed E-state index contributed by atoms with van der Waals surface area (Å²) in [5.74, 6) is 0. The van der Waals surface area contributed by atoms with E-state index in [1.807, 2.05) is 0 Å². The maximum atomic E-state index is 2.47. The summed E-state index contributed by atoms with van der Waals surface area (Å²) >= 11 is 0. The van der Waals surface area contributed by atoms with E-state index in [-0.39, 0.29) is 0 Å². The van der Waals surface area contributed by atoms with Crippen LogP contribution in [0.1, 0.15) is 0 Å². The number of nitrogens with zero attached hydrogens (tertiary/aromatic N) is 1. The Bertz CT molecular complexity index is 3650. The van der Waals surface area contributed by atoms with Gasteiger partial charge in [0, 0.05) is 16.5 Å². The van der Waals surface area contributed by atoms with Crippen molar-refractivity contribution in [3.05, 3.63) is 249 Å². The van der Waals surface area contributed by atoms with Gasteiger partial charge in [0.25, 0.3) is 0 Å². The van der Waals surface area contributed by atoms with E-state index < -0.39 is 0 Å². The lowest BCUT2D eigenvalue weighted by Crippen LogP contribution is -2.11. The quantitative estimate of drug-likeness (QED) is 0.145. The Kier molecular flexibility index (Phi) is 8.90. The lowest BCUT2D eigenvalue weighted by atomic mass is 9.84. The Balaban J connectivity index is 1.07. The molecule has 0 unspecified atom stereocenters. The van der Waals surface area contributed by atoms with Gasteiger partial charge in [0.2, 0.25) is 0 Å². The molecule has 0 atom stereocenters. The molecule has 0 heterocycles. The average Bonchev–Trinajstić information content (AvgIpc) is 3.37. The maximum Gasteiger partial charge on any atom is 0.0546 e. The molecule has 0 aliphatic carbocycles. The minimum atomic E-state index is 1.10. The van der Waals surface area contributed by atoms with Crippen LogP contribution < -0.4 is 4.90 Å². The molecule has 1 nitrogen and oxygen atoms in total. The zero-order valence-electron chi connectivity index (χ0n) is 34.6. The maximum absolute atomic E-state index is 2.47. The van der Waals surface area contributed by atoms with Gasteiger partial charge in [-0.2, -0.15) is 0 Å². The smallest absolute Gasteiger partial charge is 0.0546 e. The minimum absolute atomic E-state index is 1.10. The van der Waals surface area contributed by atoms with Crippen molar-refractivity contribution in [3.63, 3.8) is 0 Å². The van der Waals surface area contributed by atoms with Crippen molar-refractivity contribution in [1.82, 2.24) is 0 Å². The number of rotatable bonds is 7. The van der Waals surface area contributed by atoms with Gasteiger partial charge in [0.15, 0.2) is 0 Å². The Morgan fingerprint density at radius 3 is 1.33 bits per heavy atom. The second-order valence-corrected chi connectivity index (χ2v) is 16.4. The van der Waals surface area contributed by atoms with E-state index >= 15 is 0 Å². The van der Waals surface area contributed by atoms with E-state index in [2.05, 4.69) is 254 Å². The van der Waals surface area contributed by atoms with Gasteiger partial charge >= 0.3 is 0 Å². The molecular weight excluding hydrogens is 759 g/mol. The third-order valence-corrected chi connectivity index (χ3v) is 12.8. The van der Waals surface area contributed by atoms with Crippen LogP contribution in [-0.4, -0.2) is 0 Å². The number of benzene rings is 12. The lowest BCUT2D eigenvalue weighted by Gasteiger charge is -2.29. The molecular formula is C62H41N. The molecule has 0 spiro atoms. The zero-order valence-corrected chi connectivity index (χ0v) is 34.6. The Labute approximate surface area is 367 Å². The SMILES string of the molecule is c1ccc(-c2ccc(N(c3ccc(-c4ccc5c(c4)c(-c4ccccc4)c(-c4ccccc4)c4ccccc45)cc3)c3cc4ccccc4c4ccccc34)c3ccccc23)cc1. The van der Waals surface area contributed by atoms with Crippen molar-refractivity contribution >= 4 is 70.9 Å². The van der Waals surface area contributed by atoms with Crippen molar-refractivity contribution in [2.24, 2.45) is 0 Å². The normalized spacial score (nSPS) is 11.5. The van der Waals surface area contributed by atoms with Gasteiger partial charge in [-0.05, 0) is 118 Å². The molecule has 12 aromatic rings. The van der Waals surface area contributed by atoms with E-state index in [0.717, 1.165) is 17.1 Å². The first-order chi connectivity index (χ1) is 31.3. The largest absolute Gasteiger partial charge is 0.309 e. The van der Waals surface area contributed by atoms with Crippen LogP contribution in [0.15, 0.2) is 249 Å². The number of fused-ring (bicyclic) bond motifs is 7. The van der Waals surface area contributed by atoms with Crippen molar-refractivity contribution < 1.29 is 0 Å². The predicted octanol–water partition coefficient (Wildman–Crippen LogP) is 17.6. The average molecular weight is 800 g/mol. The fourth-order valence-corrected chi connectivity index (χ4v) is 9.96. The summed E-state index contributed by atoms with van der Waals surface area (Å²) in [5.41, 5.74) is 13.1. The van der Waals surface area contributed by atoms with Gasteiger partial charge in [-0.1, -0.05) is 218 Å². The monoisotopic (exact) mass is 799 g/mol. The Morgan fingerprint density at radius 1 is 0.222 bits per heavy atom. The highest BCUT2D eigenvalue weighted by Crippen LogP contribution is 2.48. The van der Waals surface area contributed by atoms with E-state index in [1.54, 1.807) is 0 Å². The molecule has 0 N–H and O–H groups in total. The van der Waals surface area contributed by atoms with Gasteiger partial charge in [-0.25, -0.2) is 0 Å². The van der Waals surface area contributed by atoms with E-state index in [1.165, 1.54) is 98.4 Å².